The van der Waals surface area contributed by atoms with Gasteiger partial charge in [0.1, 0.15) is 0 Å². The summed E-state index contributed by atoms with van der Waals surface area (Å²) in [4.78, 5) is 5.46. The largest absolute Gasteiger partial charge is 0.323 e. The number of rotatable bonds is 1. The summed E-state index contributed by atoms with van der Waals surface area (Å²) < 4.78 is 2.07. The van der Waals surface area contributed by atoms with Crippen LogP contribution in [0.3, 0.4) is 0 Å². The lowest BCUT2D eigenvalue weighted by Gasteiger charge is -2.00. The van der Waals surface area contributed by atoms with Gasteiger partial charge in [-0.1, -0.05) is 0 Å². The van der Waals surface area contributed by atoms with Crippen molar-refractivity contribution in [2.75, 3.05) is 0 Å². The maximum atomic E-state index is 5.77. The third-order valence-electron chi connectivity index (χ3n) is 1.97. The molecular weight excluding hydrogens is 170 g/mol. The second-order valence-electron chi connectivity index (χ2n) is 2.93. The zero-order valence-corrected chi connectivity index (χ0v) is 7.93. The first-order chi connectivity index (χ1) is 5.70. The molecule has 2 aromatic rings. The third-order valence-corrected chi connectivity index (χ3v) is 2.73. The highest BCUT2D eigenvalue weighted by Gasteiger charge is 2.11. The van der Waals surface area contributed by atoms with Crippen molar-refractivity contribution in [2.45, 2.75) is 19.9 Å². The Morgan fingerprint density at radius 1 is 1.67 bits per heavy atom. The molecule has 2 rings (SSSR count). The minimum Gasteiger partial charge on any atom is -0.323 e. The Kier molecular flexibility index (Phi) is 1.66. The van der Waals surface area contributed by atoms with Gasteiger partial charge in [0.15, 0.2) is 4.96 Å². The van der Waals surface area contributed by atoms with Crippen LogP contribution in [0, 0.1) is 6.92 Å². The number of fused-ring (bicyclic) bond motifs is 1. The van der Waals surface area contributed by atoms with Crippen LogP contribution in [0.1, 0.15) is 24.4 Å². The van der Waals surface area contributed by atoms with Gasteiger partial charge in [0, 0.05) is 23.3 Å². The van der Waals surface area contributed by atoms with Gasteiger partial charge >= 0.3 is 0 Å². The highest BCUT2D eigenvalue weighted by Crippen LogP contribution is 2.19. The van der Waals surface area contributed by atoms with Gasteiger partial charge < -0.3 is 5.73 Å². The highest BCUT2D eigenvalue weighted by molar-refractivity contribution is 7.15. The van der Waals surface area contributed by atoms with E-state index in [1.54, 1.807) is 11.3 Å². The van der Waals surface area contributed by atoms with Crippen LogP contribution in [0.4, 0.5) is 0 Å². The molecule has 0 aliphatic heterocycles. The fraction of sp³-hybridized carbons (Fsp3) is 0.375. The molecule has 4 heteroatoms. The van der Waals surface area contributed by atoms with Crippen LogP contribution in [0.25, 0.3) is 4.96 Å². The fourth-order valence-electron chi connectivity index (χ4n) is 1.35. The van der Waals surface area contributed by atoms with E-state index in [0.29, 0.717) is 0 Å². The zero-order chi connectivity index (χ0) is 8.72. The summed E-state index contributed by atoms with van der Waals surface area (Å²) in [6, 6.07) is 0.0251. The van der Waals surface area contributed by atoms with Crippen molar-refractivity contribution in [1.82, 2.24) is 9.38 Å². The number of hydrogen-bond donors (Lipinski definition) is 1. The predicted molar refractivity (Wildman–Crippen MR) is 50.4 cm³/mol. The number of aromatic nitrogens is 2. The van der Waals surface area contributed by atoms with Crippen LogP contribution in [0.15, 0.2) is 11.6 Å². The Morgan fingerprint density at radius 2 is 2.42 bits per heavy atom. The molecule has 0 aromatic carbocycles. The Bertz CT molecular complexity index is 399. The number of nitrogens with two attached hydrogens (primary N) is 1. The highest BCUT2D eigenvalue weighted by atomic mass is 32.1. The molecule has 0 aliphatic rings. The van der Waals surface area contributed by atoms with Gasteiger partial charge in [-0.15, -0.1) is 11.3 Å². The summed E-state index contributed by atoms with van der Waals surface area (Å²) in [6.45, 7) is 4.00. The van der Waals surface area contributed by atoms with E-state index < -0.39 is 0 Å². The van der Waals surface area contributed by atoms with E-state index in [-0.39, 0.29) is 6.04 Å². The zero-order valence-electron chi connectivity index (χ0n) is 7.11. The molecule has 0 fully saturated rings. The van der Waals surface area contributed by atoms with Crippen LogP contribution in [-0.4, -0.2) is 9.38 Å². The topological polar surface area (TPSA) is 43.3 Å². The molecule has 64 valence electrons. The quantitative estimate of drug-likeness (QED) is 0.728. The Balaban J connectivity index is 2.70. The smallest absolute Gasteiger partial charge is 0.194 e. The molecule has 0 saturated heterocycles. The second-order valence-corrected chi connectivity index (χ2v) is 3.80. The second kappa shape index (κ2) is 2.57. The predicted octanol–water partition coefficient (Wildman–Crippen LogP) is 1.72. The van der Waals surface area contributed by atoms with Gasteiger partial charge in [-0.3, -0.25) is 4.40 Å². The van der Waals surface area contributed by atoms with E-state index in [9.17, 15) is 0 Å². The normalized spacial score (nSPS) is 13.9. The molecule has 0 aliphatic carbocycles. The van der Waals surface area contributed by atoms with E-state index in [1.165, 1.54) is 0 Å². The van der Waals surface area contributed by atoms with Gasteiger partial charge in [-0.2, -0.15) is 0 Å². The lowest BCUT2D eigenvalue weighted by Crippen LogP contribution is -2.07. The molecule has 0 spiro atoms. The average Bonchev–Trinajstić information content (AvgIpc) is 2.53. The molecule has 2 heterocycles. The summed E-state index contributed by atoms with van der Waals surface area (Å²) in [5.74, 6) is 0. The van der Waals surface area contributed by atoms with Crippen molar-refractivity contribution in [3.05, 3.63) is 23.0 Å². The Hall–Kier alpha value is -0.870. The van der Waals surface area contributed by atoms with E-state index in [4.69, 9.17) is 5.73 Å². The first-order valence-corrected chi connectivity index (χ1v) is 4.75. The summed E-state index contributed by atoms with van der Waals surface area (Å²) in [7, 11) is 0. The van der Waals surface area contributed by atoms with Crippen molar-refractivity contribution < 1.29 is 0 Å². The van der Waals surface area contributed by atoms with Gasteiger partial charge in [-0.25, -0.2) is 4.98 Å². The van der Waals surface area contributed by atoms with E-state index in [2.05, 4.69) is 9.38 Å². The standard InChI is InChI=1S/C8H11N3S/c1-5(9)7-6(2)11-3-4-12-8(11)10-7/h3-5H,9H2,1-2H3. The summed E-state index contributed by atoms with van der Waals surface area (Å²) in [5.41, 5.74) is 7.92. The van der Waals surface area contributed by atoms with Crippen LogP contribution in [-0.2, 0) is 0 Å². The maximum absolute atomic E-state index is 5.77. The fourth-order valence-corrected chi connectivity index (χ4v) is 2.11. The van der Waals surface area contributed by atoms with Crippen molar-refractivity contribution in [3.63, 3.8) is 0 Å². The van der Waals surface area contributed by atoms with E-state index in [0.717, 1.165) is 16.3 Å². The van der Waals surface area contributed by atoms with Crippen LogP contribution in [0.2, 0.25) is 0 Å². The molecular formula is C8H11N3S. The minimum absolute atomic E-state index is 0.0251. The number of imidazole rings is 1. The number of nitrogens with zero attached hydrogens (tertiary/aromatic N) is 2. The van der Waals surface area contributed by atoms with Crippen molar-refractivity contribution in [2.24, 2.45) is 5.73 Å². The van der Waals surface area contributed by atoms with Crippen molar-refractivity contribution >= 4 is 16.3 Å². The molecule has 3 nitrogen and oxygen atoms in total. The van der Waals surface area contributed by atoms with Crippen molar-refractivity contribution in [3.8, 4) is 0 Å². The lowest BCUT2D eigenvalue weighted by molar-refractivity contribution is 0.780. The average molecular weight is 181 g/mol. The van der Waals surface area contributed by atoms with Gasteiger partial charge in [0.2, 0.25) is 0 Å². The molecule has 0 amide bonds. The lowest BCUT2D eigenvalue weighted by atomic mass is 10.2. The molecule has 1 unspecified atom stereocenters. The minimum atomic E-state index is 0.0251. The van der Waals surface area contributed by atoms with E-state index >= 15 is 0 Å². The van der Waals surface area contributed by atoms with Gasteiger partial charge in [0.05, 0.1) is 5.69 Å². The number of hydrogen-bond acceptors (Lipinski definition) is 3. The molecule has 0 radical (unpaired) electrons. The maximum Gasteiger partial charge on any atom is 0.194 e. The SMILES string of the molecule is Cc1c(C(C)N)nc2sccn12. The molecule has 2 N–H and O–H groups in total. The van der Waals surface area contributed by atoms with Crippen molar-refractivity contribution in [1.29, 1.82) is 0 Å². The van der Waals surface area contributed by atoms with Crippen LogP contribution in [0.5, 0.6) is 0 Å². The van der Waals surface area contributed by atoms with Crippen LogP contribution < -0.4 is 5.73 Å². The molecule has 12 heavy (non-hydrogen) atoms. The number of aryl methyl sites for hydroxylation is 1. The summed E-state index contributed by atoms with van der Waals surface area (Å²) >= 11 is 1.64. The molecule has 1 atom stereocenters. The first kappa shape index (κ1) is 7.76. The summed E-state index contributed by atoms with van der Waals surface area (Å²) in [5, 5.41) is 2.03. The molecule has 0 bridgehead atoms. The third kappa shape index (κ3) is 0.956. The molecule has 0 saturated carbocycles. The first-order valence-electron chi connectivity index (χ1n) is 3.88. The monoisotopic (exact) mass is 181 g/mol. The van der Waals surface area contributed by atoms with E-state index in [1.807, 2.05) is 25.4 Å². The number of thiazole rings is 1. The van der Waals surface area contributed by atoms with Gasteiger partial charge in [-0.05, 0) is 13.8 Å². The summed E-state index contributed by atoms with van der Waals surface area (Å²) in [6.07, 6.45) is 2.02. The molecule has 2 aromatic heterocycles. The van der Waals surface area contributed by atoms with Gasteiger partial charge in [0.25, 0.3) is 0 Å². The van der Waals surface area contributed by atoms with Crippen LogP contribution >= 0.6 is 11.3 Å². The Labute approximate surface area is 74.8 Å². The Morgan fingerprint density at radius 3 is 3.00 bits per heavy atom.